The number of hydrogen-bond donors (Lipinski definition) is 1. The van der Waals surface area contributed by atoms with Crippen molar-refractivity contribution in [3.63, 3.8) is 0 Å². The lowest BCUT2D eigenvalue weighted by atomic mass is 10.2. The van der Waals surface area contributed by atoms with Crippen LogP contribution < -0.4 is 5.32 Å². The van der Waals surface area contributed by atoms with Crippen LogP contribution in [0.5, 0.6) is 0 Å². The van der Waals surface area contributed by atoms with Crippen molar-refractivity contribution in [3.8, 4) is 6.07 Å². The zero-order valence-corrected chi connectivity index (χ0v) is 8.87. The summed E-state index contributed by atoms with van der Waals surface area (Å²) in [6.07, 6.45) is 5.40. The van der Waals surface area contributed by atoms with Crippen LogP contribution in [0.3, 0.4) is 0 Å². The molecule has 2 heteroatoms. The lowest BCUT2D eigenvalue weighted by molar-refractivity contribution is 0.687. The number of nitrogens with zero attached hydrogens (tertiary/aromatic N) is 1. The summed E-state index contributed by atoms with van der Waals surface area (Å²) in [4.78, 5) is 0. The Morgan fingerprint density at radius 3 is 2.87 bits per heavy atom. The first-order valence-electron chi connectivity index (χ1n) is 5.63. The SMILES string of the molecule is N#Cc1ccccc1NCCCC1CC1. The molecule has 2 rings (SSSR count). The molecule has 1 aliphatic carbocycles. The summed E-state index contributed by atoms with van der Waals surface area (Å²) in [5.74, 6) is 0.998. The van der Waals surface area contributed by atoms with Crippen LogP contribution in [0, 0.1) is 17.2 Å². The molecule has 1 fully saturated rings. The molecule has 0 saturated heterocycles. The van der Waals surface area contributed by atoms with E-state index < -0.39 is 0 Å². The summed E-state index contributed by atoms with van der Waals surface area (Å²) in [7, 11) is 0. The molecule has 1 aliphatic rings. The van der Waals surface area contributed by atoms with E-state index in [4.69, 9.17) is 5.26 Å². The summed E-state index contributed by atoms with van der Waals surface area (Å²) in [5.41, 5.74) is 1.71. The van der Waals surface area contributed by atoms with Gasteiger partial charge in [-0.05, 0) is 30.9 Å². The quantitative estimate of drug-likeness (QED) is 0.741. The highest BCUT2D eigenvalue weighted by Crippen LogP contribution is 2.33. The van der Waals surface area contributed by atoms with Crippen LogP contribution in [-0.4, -0.2) is 6.54 Å². The molecule has 0 aliphatic heterocycles. The van der Waals surface area contributed by atoms with Gasteiger partial charge in [0.05, 0.1) is 11.3 Å². The summed E-state index contributed by atoms with van der Waals surface area (Å²) in [6, 6.07) is 9.87. The third-order valence-electron chi connectivity index (χ3n) is 2.85. The van der Waals surface area contributed by atoms with E-state index in [0.717, 1.165) is 23.7 Å². The average Bonchev–Trinajstić information content (AvgIpc) is 3.09. The van der Waals surface area contributed by atoms with Gasteiger partial charge in [-0.1, -0.05) is 25.0 Å². The normalized spacial score (nSPS) is 14.6. The van der Waals surface area contributed by atoms with Crippen molar-refractivity contribution in [2.75, 3.05) is 11.9 Å². The maximum atomic E-state index is 8.88. The van der Waals surface area contributed by atoms with E-state index >= 15 is 0 Å². The van der Waals surface area contributed by atoms with Crippen LogP contribution in [0.2, 0.25) is 0 Å². The van der Waals surface area contributed by atoms with Gasteiger partial charge in [0.2, 0.25) is 0 Å². The number of nitrogens with one attached hydrogen (secondary N) is 1. The van der Waals surface area contributed by atoms with Crippen LogP contribution in [0.25, 0.3) is 0 Å². The summed E-state index contributed by atoms with van der Waals surface area (Å²) in [6.45, 7) is 0.981. The molecule has 15 heavy (non-hydrogen) atoms. The van der Waals surface area contributed by atoms with E-state index in [2.05, 4.69) is 11.4 Å². The minimum atomic E-state index is 0.740. The summed E-state index contributed by atoms with van der Waals surface area (Å²) < 4.78 is 0. The molecular formula is C13H16N2. The highest BCUT2D eigenvalue weighted by molar-refractivity contribution is 5.56. The van der Waals surface area contributed by atoms with Crippen molar-refractivity contribution in [3.05, 3.63) is 29.8 Å². The smallest absolute Gasteiger partial charge is 0.101 e. The molecule has 0 heterocycles. The zero-order valence-electron chi connectivity index (χ0n) is 8.87. The molecule has 1 saturated carbocycles. The van der Waals surface area contributed by atoms with Crippen LogP contribution in [0.1, 0.15) is 31.2 Å². The van der Waals surface area contributed by atoms with Gasteiger partial charge in [0.25, 0.3) is 0 Å². The third kappa shape index (κ3) is 2.99. The fourth-order valence-corrected chi connectivity index (χ4v) is 1.76. The highest BCUT2D eigenvalue weighted by atomic mass is 14.9. The number of hydrogen-bond acceptors (Lipinski definition) is 2. The Hall–Kier alpha value is -1.49. The second kappa shape index (κ2) is 4.84. The van der Waals surface area contributed by atoms with Crippen molar-refractivity contribution in [1.29, 1.82) is 5.26 Å². The Morgan fingerprint density at radius 1 is 1.33 bits per heavy atom. The summed E-state index contributed by atoms with van der Waals surface area (Å²) >= 11 is 0. The lowest BCUT2D eigenvalue weighted by Crippen LogP contribution is -2.03. The van der Waals surface area contributed by atoms with Gasteiger partial charge in [-0.15, -0.1) is 0 Å². The van der Waals surface area contributed by atoms with E-state index in [1.165, 1.54) is 25.7 Å². The van der Waals surface area contributed by atoms with Crippen molar-refractivity contribution in [2.45, 2.75) is 25.7 Å². The Labute approximate surface area is 90.9 Å². The molecule has 0 spiro atoms. The molecule has 0 radical (unpaired) electrons. The molecule has 1 N–H and O–H groups in total. The molecule has 2 nitrogen and oxygen atoms in total. The fraction of sp³-hybridized carbons (Fsp3) is 0.462. The third-order valence-corrected chi connectivity index (χ3v) is 2.85. The fourth-order valence-electron chi connectivity index (χ4n) is 1.76. The first kappa shape index (κ1) is 10.0. The first-order valence-corrected chi connectivity index (χ1v) is 5.63. The van der Waals surface area contributed by atoms with Crippen molar-refractivity contribution in [2.24, 2.45) is 5.92 Å². The number of benzene rings is 1. The lowest BCUT2D eigenvalue weighted by Gasteiger charge is -2.07. The standard InChI is InChI=1S/C13H16N2/c14-10-12-5-1-2-6-13(12)15-9-3-4-11-7-8-11/h1-2,5-6,11,15H,3-4,7-9H2. The van der Waals surface area contributed by atoms with Gasteiger partial charge in [-0.25, -0.2) is 0 Å². The van der Waals surface area contributed by atoms with Gasteiger partial charge in [0.15, 0.2) is 0 Å². The molecule has 0 amide bonds. The van der Waals surface area contributed by atoms with Gasteiger partial charge in [0, 0.05) is 6.54 Å². The Bertz CT molecular complexity index is 361. The van der Waals surface area contributed by atoms with Crippen LogP contribution in [0.15, 0.2) is 24.3 Å². The Morgan fingerprint density at radius 2 is 2.13 bits per heavy atom. The number of rotatable bonds is 5. The van der Waals surface area contributed by atoms with E-state index in [-0.39, 0.29) is 0 Å². The van der Waals surface area contributed by atoms with Crippen LogP contribution in [0.4, 0.5) is 5.69 Å². The number of para-hydroxylation sites is 1. The minimum absolute atomic E-state index is 0.740. The van der Waals surface area contributed by atoms with Gasteiger partial charge in [-0.3, -0.25) is 0 Å². The van der Waals surface area contributed by atoms with Crippen LogP contribution in [-0.2, 0) is 0 Å². The van der Waals surface area contributed by atoms with Gasteiger partial charge < -0.3 is 5.32 Å². The monoisotopic (exact) mass is 200 g/mol. The topological polar surface area (TPSA) is 35.8 Å². The Balaban J connectivity index is 1.79. The van der Waals surface area contributed by atoms with Crippen molar-refractivity contribution >= 4 is 5.69 Å². The second-order valence-corrected chi connectivity index (χ2v) is 4.17. The molecule has 0 unspecified atom stereocenters. The highest BCUT2D eigenvalue weighted by Gasteiger charge is 2.19. The molecule has 78 valence electrons. The number of anilines is 1. The second-order valence-electron chi connectivity index (χ2n) is 4.17. The van der Waals surface area contributed by atoms with Crippen LogP contribution >= 0.6 is 0 Å². The molecule has 0 bridgehead atoms. The molecule has 1 aromatic carbocycles. The van der Waals surface area contributed by atoms with E-state index in [9.17, 15) is 0 Å². The van der Waals surface area contributed by atoms with Gasteiger partial charge >= 0.3 is 0 Å². The van der Waals surface area contributed by atoms with Gasteiger partial charge in [-0.2, -0.15) is 5.26 Å². The van der Waals surface area contributed by atoms with Crippen molar-refractivity contribution in [1.82, 2.24) is 0 Å². The Kier molecular flexibility index (Phi) is 3.24. The van der Waals surface area contributed by atoms with Crippen molar-refractivity contribution < 1.29 is 0 Å². The predicted octanol–water partition coefficient (Wildman–Crippen LogP) is 3.16. The van der Waals surface area contributed by atoms with E-state index in [1.54, 1.807) is 0 Å². The van der Waals surface area contributed by atoms with E-state index in [0.29, 0.717) is 0 Å². The van der Waals surface area contributed by atoms with E-state index in [1.807, 2.05) is 24.3 Å². The molecule has 0 atom stereocenters. The van der Waals surface area contributed by atoms with Gasteiger partial charge in [0.1, 0.15) is 6.07 Å². The first-order chi connectivity index (χ1) is 7.40. The summed E-state index contributed by atoms with van der Waals surface area (Å²) in [5, 5.41) is 12.2. The maximum absolute atomic E-state index is 8.88. The predicted molar refractivity (Wildman–Crippen MR) is 61.6 cm³/mol. The number of nitriles is 1. The average molecular weight is 200 g/mol. The molecule has 1 aromatic rings. The zero-order chi connectivity index (χ0) is 10.5. The maximum Gasteiger partial charge on any atom is 0.101 e. The largest absolute Gasteiger partial charge is 0.384 e. The minimum Gasteiger partial charge on any atom is -0.384 e. The molecular weight excluding hydrogens is 184 g/mol. The molecule has 0 aromatic heterocycles.